The Morgan fingerprint density at radius 3 is 2.52 bits per heavy atom. The number of aryl methyl sites for hydroxylation is 1. The summed E-state index contributed by atoms with van der Waals surface area (Å²) in [6.07, 6.45) is 7.49. The third-order valence-electron chi connectivity index (χ3n) is 4.07. The second-order valence-electron chi connectivity index (χ2n) is 6.20. The predicted molar refractivity (Wildman–Crippen MR) is 91.5 cm³/mol. The van der Waals surface area contributed by atoms with Gasteiger partial charge in [-0.25, -0.2) is 0 Å². The highest BCUT2D eigenvalue weighted by atomic mass is 16.5. The van der Waals surface area contributed by atoms with Crippen molar-refractivity contribution in [2.24, 2.45) is 5.73 Å². The third kappa shape index (κ3) is 6.62. The van der Waals surface area contributed by atoms with Crippen molar-refractivity contribution in [3.63, 3.8) is 0 Å². The fourth-order valence-corrected chi connectivity index (χ4v) is 2.66. The minimum Gasteiger partial charge on any atom is -0.369 e. The first-order valence-electron chi connectivity index (χ1n) is 8.56. The Morgan fingerprint density at radius 2 is 1.90 bits per heavy atom. The quantitative estimate of drug-likeness (QED) is 0.605. The summed E-state index contributed by atoms with van der Waals surface area (Å²) in [5, 5.41) is 0. The molecule has 3 unspecified atom stereocenters. The molecule has 3 atom stereocenters. The number of ether oxygens (including phenoxy) is 1. The first-order valence-corrected chi connectivity index (χ1v) is 8.56. The molecule has 2 heteroatoms. The van der Waals surface area contributed by atoms with Crippen LogP contribution in [-0.2, 0) is 4.74 Å². The molecule has 0 saturated heterocycles. The number of hydrogen-bond acceptors (Lipinski definition) is 2. The highest BCUT2D eigenvalue weighted by Crippen LogP contribution is 2.26. The van der Waals surface area contributed by atoms with E-state index >= 15 is 0 Å². The van der Waals surface area contributed by atoms with Crippen LogP contribution < -0.4 is 5.73 Å². The van der Waals surface area contributed by atoms with Crippen LogP contribution in [0.5, 0.6) is 0 Å². The van der Waals surface area contributed by atoms with Gasteiger partial charge in [0.2, 0.25) is 0 Å². The van der Waals surface area contributed by atoms with E-state index in [1.54, 1.807) is 0 Å². The summed E-state index contributed by atoms with van der Waals surface area (Å²) >= 11 is 0. The van der Waals surface area contributed by atoms with Crippen LogP contribution in [0.4, 0.5) is 0 Å². The third-order valence-corrected chi connectivity index (χ3v) is 4.07. The van der Waals surface area contributed by atoms with Crippen molar-refractivity contribution < 1.29 is 4.74 Å². The molecule has 0 saturated carbocycles. The summed E-state index contributed by atoms with van der Waals surface area (Å²) in [5.41, 5.74) is 8.78. The predicted octanol–water partition coefficient (Wildman–Crippen LogP) is 5.15. The monoisotopic (exact) mass is 291 g/mol. The lowest BCUT2D eigenvalue weighted by molar-refractivity contribution is -0.0230. The molecule has 0 aliphatic heterocycles. The fraction of sp³-hybridized carbons (Fsp3) is 0.684. The van der Waals surface area contributed by atoms with E-state index in [4.69, 9.17) is 10.5 Å². The molecule has 0 radical (unpaired) electrons. The van der Waals surface area contributed by atoms with Crippen molar-refractivity contribution >= 4 is 0 Å². The number of nitrogens with two attached hydrogens (primary N) is 1. The summed E-state index contributed by atoms with van der Waals surface area (Å²) in [7, 11) is 0. The van der Waals surface area contributed by atoms with Gasteiger partial charge in [-0.3, -0.25) is 0 Å². The molecule has 1 aromatic rings. The summed E-state index contributed by atoms with van der Waals surface area (Å²) < 4.78 is 6.30. The maximum absolute atomic E-state index is 6.30. The molecule has 21 heavy (non-hydrogen) atoms. The molecule has 0 fully saturated rings. The summed E-state index contributed by atoms with van der Waals surface area (Å²) in [6.45, 7) is 8.67. The van der Waals surface area contributed by atoms with E-state index in [0.717, 1.165) is 12.8 Å². The lowest BCUT2D eigenvalue weighted by Gasteiger charge is -2.27. The van der Waals surface area contributed by atoms with Crippen LogP contribution in [0.3, 0.4) is 0 Å². The normalized spacial score (nSPS) is 15.7. The van der Waals surface area contributed by atoms with Gasteiger partial charge in [0.15, 0.2) is 0 Å². The van der Waals surface area contributed by atoms with Gasteiger partial charge in [0.1, 0.15) is 0 Å². The van der Waals surface area contributed by atoms with Crippen LogP contribution in [0, 0.1) is 6.92 Å². The van der Waals surface area contributed by atoms with Gasteiger partial charge in [0.25, 0.3) is 0 Å². The lowest BCUT2D eigenvalue weighted by atomic mass is 9.98. The molecule has 1 aromatic carbocycles. The molecule has 0 aliphatic carbocycles. The van der Waals surface area contributed by atoms with Gasteiger partial charge >= 0.3 is 0 Å². The highest BCUT2D eigenvalue weighted by molar-refractivity contribution is 5.25. The van der Waals surface area contributed by atoms with Crippen molar-refractivity contribution in [3.05, 3.63) is 35.4 Å². The Kier molecular flexibility index (Phi) is 8.63. The molecule has 1 rings (SSSR count). The second-order valence-corrected chi connectivity index (χ2v) is 6.20. The topological polar surface area (TPSA) is 35.2 Å². The fourth-order valence-electron chi connectivity index (χ4n) is 2.66. The van der Waals surface area contributed by atoms with Gasteiger partial charge in [-0.2, -0.15) is 0 Å². The first kappa shape index (κ1) is 18.2. The Bertz CT molecular complexity index is 391. The lowest BCUT2D eigenvalue weighted by Crippen LogP contribution is -2.31. The molecule has 2 N–H and O–H groups in total. The number of unbranched alkanes of at least 4 members (excludes halogenated alkanes) is 3. The molecule has 120 valence electrons. The van der Waals surface area contributed by atoms with Crippen molar-refractivity contribution in [1.82, 2.24) is 0 Å². The van der Waals surface area contributed by atoms with E-state index in [2.05, 4.69) is 52.0 Å². The van der Waals surface area contributed by atoms with Crippen LogP contribution >= 0.6 is 0 Å². The van der Waals surface area contributed by atoms with Crippen LogP contribution in [0.1, 0.15) is 76.5 Å². The van der Waals surface area contributed by atoms with Crippen LogP contribution in [0.2, 0.25) is 0 Å². The summed E-state index contributed by atoms with van der Waals surface area (Å²) in [5.74, 6) is 0. The molecule has 0 aromatic heterocycles. The van der Waals surface area contributed by atoms with Crippen molar-refractivity contribution in [3.8, 4) is 0 Å². The molecule has 0 spiro atoms. The van der Waals surface area contributed by atoms with Crippen molar-refractivity contribution in [1.29, 1.82) is 0 Å². The highest BCUT2D eigenvalue weighted by Gasteiger charge is 2.21. The minimum atomic E-state index is 0.0103. The van der Waals surface area contributed by atoms with E-state index in [0.29, 0.717) is 0 Å². The molecule has 0 heterocycles. The molecule has 0 amide bonds. The van der Waals surface area contributed by atoms with Gasteiger partial charge in [-0.1, -0.05) is 69.4 Å². The zero-order chi connectivity index (χ0) is 15.7. The van der Waals surface area contributed by atoms with E-state index in [-0.39, 0.29) is 18.2 Å². The molecule has 0 bridgehead atoms. The zero-order valence-electron chi connectivity index (χ0n) is 14.3. The van der Waals surface area contributed by atoms with E-state index in [1.165, 1.54) is 36.8 Å². The van der Waals surface area contributed by atoms with Crippen molar-refractivity contribution in [2.75, 3.05) is 0 Å². The molecule has 2 nitrogen and oxygen atoms in total. The summed E-state index contributed by atoms with van der Waals surface area (Å²) in [4.78, 5) is 0. The maximum atomic E-state index is 6.30. The van der Waals surface area contributed by atoms with Gasteiger partial charge in [0.05, 0.1) is 12.2 Å². The van der Waals surface area contributed by atoms with Gasteiger partial charge in [-0.15, -0.1) is 0 Å². The average Bonchev–Trinajstić information content (AvgIpc) is 2.48. The number of rotatable bonds is 10. The maximum Gasteiger partial charge on any atom is 0.0979 e. The van der Waals surface area contributed by atoms with Crippen molar-refractivity contribution in [2.45, 2.75) is 84.5 Å². The first-order chi connectivity index (χ1) is 10.1. The van der Waals surface area contributed by atoms with E-state index < -0.39 is 0 Å². The Balaban J connectivity index is 2.62. The Hall–Kier alpha value is -0.860. The van der Waals surface area contributed by atoms with Crippen LogP contribution in [0.15, 0.2) is 24.3 Å². The van der Waals surface area contributed by atoms with Gasteiger partial charge < -0.3 is 10.5 Å². The minimum absolute atomic E-state index is 0.0103. The largest absolute Gasteiger partial charge is 0.369 e. The second kappa shape index (κ2) is 9.97. The van der Waals surface area contributed by atoms with Crippen LogP contribution in [0.25, 0.3) is 0 Å². The smallest absolute Gasteiger partial charge is 0.0979 e. The van der Waals surface area contributed by atoms with Gasteiger partial charge in [0, 0.05) is 6.04 Å². The van der Waals surface area contributed by atoms with E-state index in [1.807, 2.05) is 0 Å². The Labute approximate surface area is 131 Å². The van der Waals surface area contributed by atoms with Crippen LogP contribution in [-0.4, -0.2) is 12.1 Å². The SMILES string of the molecule is CCCCCCC(C)OC(c1cccc(C)c1)C(N)CC. The summed E-state index contributed by atoms with van der Waals surface area (Å²) in [6, 6.07) is 8.60. The van der Waals surface area contributed by atoms with E-state index in [9.17, 15) is 0 Å². The van der Waals surface area contributed by atoms with Gasteiger partial charge in [-0.05, 0) is 32.3 Å². The standard InChI is InChI=1S/C19H33NO/c1-5-7-8-9-12-16(4)21-19(18(20)6-2)17-13-10-11-15(3)14-17/h10-11,13-14,16,18-19H,5-9,12,20H2,1-4H3. The number of benzene rings is 1. The molecular formula is C19H33NO. The average molecular weight is 291 g/mol. The Morgan fingerprint density at radius 1 is 1.14 bits per heavy atom. The number of hydrogen-bond donors (Lipinski definition) is 1. The zero-order valence-corrected chi connectivity index (χ0v) is 14.3. The molecule has 0 aliphatic rings. The molecular weight excluding hydrogens is 258 g/mol.